The maximum atomic E-state index is 10.8. The molecular formula is C6H11N3O4. The van der Waals surface area contributed by atoms with E-state index in [4.69, 9.17) is 16.6 Å². The molecule has 0 radical (unpaired) electrons. The van der Waals surface area contributed by atoms with Crippen LogP contribution in [0.2, 0.25) is 0 Å². The summed E-state index contributed by atoms with van der Waals surface area (Å²) in [6, 6.07) is 0. The van der Waals surface area contributed by atoms with Crippen LogP contribution in [0.25, 0.3) is 0 Å². The smallest absolute Gasteiger partial charge is 0.255 e. The van der Waals surface area contributed by atoms with Crippen LogP contribution in [0.5, 0.6) is 0 Å². The van der Waals surface area contributed by atoms with Gasteiger partial charge in [0.2, 0.25) is 11.8 Å². The summed E-state index contributed by atoms with van der Waals surface area (Å²) in [5, 5.41) is 10.7. The second-order valence-electron chi connectivity index (χ2n) is 2.30. The molecule has 0 aromatic rings. The van der Waals surface area contributed by atoms with Gasteiger partial charge in [-0.1, -0.05) is 0 Å². The van der Waals surface area contributed by atoms with Crippen LogP contribution in [0.1, 0.15) is 6.42 Å². The van der Waals surface area contributed by atoms with Crippen molar-refractivity contribution in [2.24, 2.45) is 11.5 Å². The third kappa shape index (κ3) is 4.88. The van der Waals surface area contributed by atoms with Gasteiger partial charge in [0.25, 0.3) is 5.91 Å². The van der Waals surface area contributed by atoms with Crippen molar-refractivity contribution in [1.29, 1.82) is 0 Å². The highest BCUT2D eigenvalue weighted by Crippen LogP contribution is 1.89. The van der Waals surface area contributed by atoms with Gasteiger partial charge in [-0.15, -0.1) is 0 Å². The molecule has 0 saturated heterocycles. The average Bonchev–Trinajstić information content (AvgIpc) is 2.02. The quantitative estimate of drug-likeness (QED) is 0.369. The molecule has 0 heterocycles. The number of aliphatic hydroxyl groups excluding tert-OH is 1. The topological polar surface area (TPSA) is 136 Å². The lowest BCUT2D eigenvalue weighted by molar-refractivity contribution is -0.138. The van der Waals surface area contributed by atoms with Gasteiger partial charge in [-0.05, 0) is 0 Å². The zero-order valence-corrected chi connectivity index (χ0v) is 6.82. The predicted octanol–water partition coefficient (Wildman–Crippen LogP) is -3.18. The van der Waals surface area contributed by atoms with E-state index in [1.165, 1.54) is 0 Å². The molecule has 0 rings (SSSR count). The highest BCUT2D eigenvalue weighted by molar-refractivity contribution is 5.99. The Bertz CT molecular complexity index is 228. The standard InChI is InChI=1S/C6H11N3O4/c7-2-5(12)9-6(13)3(10)1-4(8)11/h3,10H,1-2,7H2,(H2,8,11)(H,9,12,13). The zero-order chi connectivity index (χ0) is 10.4. The third-order valence-corrected chi connectivity index (χ3v) is 1.15. The molecule has 13 heavy (non-hydrogen) atoms. The number of carbonyl (C=O) groups excluding carboxylic acids is 3. The van der Waals surface area contributed by atoms with E-state index in [0.29, 0.717) is 0 Å². The number of nitrogens with two attached hydrogens (primary N) is 2. The SMILES string of the molecule is NCC(=O)NC(=O)C(O)CC(N)=O. The molecule has 1 atom stereocenters. The number of hydrogen-bond acceptors (Lipinski definition) is 5. The highest BCUT2D eigenvalue weighted by Gasteiger charge is 2.18. The molecule has 3 amide bonds. The third-order valence-electron chi connectivity index (χ3n) is 1.15. The van der Waals surface area contributed by atoms with Crippen LogP contribution in [0.3, 0.4) is 0 Å². The Morgan fingerprint density at radius 1 is 1.38 bits per heavy atom. The molecule has 0 aliphatic heterocycles. The van der Waals surface area contributed by atoms with Crippen molar-refractivity contribution in [2.45, 2.75) is 12.5 Å². The minimum atomic E-state index is -1.60. The Kier molecular flexibility index (Phi) is 4.63. The van der Waals surface area contributed by atoms with Crippen molar-refractivity contribution in [2.75, 3.05) is 6.54 Å². The number of amides is 3. The molecule has 7 heteroatoms. The number of aliphatic hydroxyl groups is 1. The lowest BCUT2D eigenvalue weighted by atomic mass is 10.2. The van der Waals surface area contributed by atoms with Gasteiger partial charge >= 0.3 is 0 Å². The summed E-state index contributed by atoms with van der Waals surface area (Å²) in [6.45, 7) is -0.366. The van der Waals surface area contributed by atoms with Gasteiger partial charge in [0.1, 0.15) is 6.10 Å². The molecule has 0 spiro atoms. The molecule has 7 nitrogen and oxygen atoms in total. The van der Waals surface area contributed by atoms with Gasteiger partial charge < -0.3 is 16.6 Å². The van der Waals surface area contributed by atoms with Crippen LogP contribution < -0.4 is 16.8 Å². The van der Waals surface area contributed by atoms with Crippen LogP contribution in [0.4, 0.5) is 0 Å². The molecular weight excluding hydrogens is 178 g/mol. The van der Waals surface area contributed by atoms with Crippen molar-refractivity contribution in [3.63, 3.8) is 0 Å². The predicted molar refractivity (Wildman–Crippen MR) is 42.0 cm³/mol. The van der Waals surface area contributed by atoms with E-state index in [9.17, 15) is 14.4 Å². The summed E-state index contributed by atoms with van der Waals surface area (Å²) in [7, 11) is 0. The van der Waals surface area contributed by atoms with Crippen molar-refractivity contribution < 1.29 is 19.5 Å². The van der Waals surface area contributed by atoms with Gasteiger partial charge in [0.15, 0.2) is 0 Å². The number of carbonyl (C=O) groups is 3. The van der Waals surface area contributed by atoms with Crippen LogP contribution in [-0.4, -0.2) is 35.5 Å². The van der Waals surface area contributed by atoms with E-state index in [1.54, 1.807) is 5.32 Å². The number of rotatable bonds is 4. The largest absolute Gasteiger partial charge is 0.383 e. The molecule has 0 aromatic carbocycles. The summed E-state index contributed by atoms with van der Waals surface area (Å²) in [5.41, 5.74) is 9.59. The van der Waals surface area contributed by atoms with E-state index in [-0.39, 0.29) is 6.54 Å². The second-order valence-corrected chi connectivity index (χ2v) is 2.30. The van der Waals surface area contributed by atoms with Crippen molar-refractivity contribution >= 4 is 17.7 Å². The Morgan fingerprint density at radius 2 is 1.92 bits per heavy atom. The normalized spacial score (nSPS) is 11.8. The summed E-state index contributed by atoms with van der Waals surface area (Å²) in [6.07, 6.45) is -2.13. The molecule has 0 aromatic heterocycles. The van der Waals surface area contributed by atoms with E-state index >= 15 is 0 Å². The zero-order valence-electron chi connectivity index (χ0n) is 6.82. The fraction of sp³-hybridized carbons (Fsp3) is 0.500. The summed E-state index contributed by atoms with van der Waals surface area (Å²) in [5.74, 6) is -2.54. The van der Waals surface area contributed by atoms with E-state index < -0.39 is 30.2 Å². The number of primary amides is 1. The maximum Gasteiger partial charge on any atom is 0.255 e. The Labute approximate surface area is 74.1 Å². The van der Waals surface area contributed by atoms with Gasteiger partial charge in [0.05, 0.1) is 13.0 Å². The monoisotopic (exact) mass is 189 g/mol. The van der Waals surface area contributed by atoms with Gasteiger partial charge in [0, 0.05) is 0 Å². The lowest BCUT2D eigenvalue weighted by Gasteiger charge is -2.07. The minimum Gasteiger partial charge on any atom is -0.383 e. The second kappa shape index (κ2) is 5.22. The Hall–Kier alpha value is -1.47. The van der Waals surface area contributed by atoms with Gasteiger partial charge in [-0.3, -0.25) is 19.7 Å². The first-order valence-electron chi connectivity index (χ1n) is 3.47. The maximum absolute atomic E-state index is 10.8. The first-order valence-corrected chi connectivity index (χ1v) is 3.47. The fourth-order valence-electron chi connectivity index (χ4n) is 0.555. The lowest BCUT2D eigenvalue weighted by Crippen LogP contribution is -2.42. The number of imide groups is 1. The molecule has 6 N–H and O–H groups in total. The van der Waals surface area contributed by atoms with E-state index in [1.807, 2.05) is 0 Å². The summed E-state index contributed by atoms with van der Waals surface area (Å²) < 4.78 is 0. The van der Waals surface area contributed by atoms with Crippen LogP contribution in [0, 0.1) is 0 Å². The van der Waals surface area contributed by atoms with Crippen molar-refractivity contribution in [3.05, 3.63) is 0 Å². The van der Waals surface area contributed by atoms with Crippen molar-refractivity contribution in [3.8, 4) is 0 Å². The van der Waals surface area contributed by atoms with Gasteiger partial charge in [-0.25, -0.2) is 0 Å². The van der Waals surface area contributed by atoms with Crippen LogP contribution >= 0.6 is 0 Å². The Balaban J connectivity index is 3.96. The average molecular weight is 189 g/mol. The van der Waals surface area contributed by atoms with Gasteiger partial charge in [-0.2, -0.15) is 0 Å². The number of nitrogens with one attached hydrogen (secondary N) is 1. The first kappa shape index (κ1) is 11.5. The van der Waals surface area contributed by atoms with Crippen molar-refractivity contribution in [1.82, 2.24) is 5.32 Å². The summed E-state index contributed by atoms with van der Waals surface area (Å²) in [4.78, 5) is 31.6. The van der Waals surface area contributed by atoms with E-state index in [0.717, 1.165) is 0 Å². The molecule has 1 unspecified atom stereocenters. The highest BCUT2D eigenvalue weighted by atomic mass is 16.3. The first-order chi connectivity index (χ1) is 5.97. The minimum absolute atomic E-state index is 0.366. The molecule has 0 fully saturated rings. The molecule has 0 saturated carbocycles. The molecule has 74 valence electrons. The van der Waals surface area contributed by atoms with Crippen LogP contribution in [0.15, 0.2) is 0 Å². The fourth-order valence-corrected chi connectivity index (χ4v) is 0.555. The van der Waals surface area contributed by atoms with Crippen LogP contribution in [-0.2, 0) is 14.4 Å². The van der Waals surface area contributed by atoms with E-state index in [2.05, 4.69) is 0 Å². The molecule has 0 bridgehead atoms. The molecule has 0 aliphatic carbocycles. The Morgan fingerprint density at radius 3 is 2.31 bits per heavy atom. The number of hydrogen-bond donors (Lipinski definition) is 4. The molecule has 0 aliphatic rings. The summed E-state index contributed by atoms with van der Waals surface area (Å²) >= 11 is 0.